The number of nitrogens with one attached hydrogen (secondary N) is 1. The summed E-state index contributed by atoms with van der Waals surface area (Å²) in [4.78, 5) is 43.5. The van der Waals surface area contributed by atoms with Crippen molar-refractivity contribution in [3.05, 3.63) is 29.9 Å². The Bertz CT molecular complexity index is 1010. The van der Waals surface area contributed by atoms with Crippen LogP contribution in [0.3, 0.4) is 0 Å². The zero-order valence-electron chi connectivity index (χ0n) is 19.1. The maximum atomic E-state index is 13.3. The summed E-state index contributed by atoms with van der Waals surface area (Å²) < 4.78 is 29.1. The largest absolute Gasteiger partial charge is 0.442 e. The second kappa shape index (κ2) is 11.4. The van der Waals surface area contributed by atoms with E-state index in [0.717, 1.165) is 25.7 Å². The van der Waals surface area contributed by atoms with Crippen LogP contribution in [0.15, 0.2) is 22.6 Å². The van der Waals surface area contributed by atoms with Crippen molar-refractivity contribution in [2.24, 2.45) is 11.8 Å². The highest BCUT2D eigenvalue weighted by molar-refractivity contribution is 5.84. The van der Waals surface area contributed by atoms with Crippen LogP contribution in [0.25, 0.3) is 11.1 Å². The number of amides is 2. The maximum absolute atomic E-state index is 13.3. The first-order valence-corrected chi connectivity index (χ1v) is 11.8. The van der Waals surface area contributed by atoms with E-state index in [0.29, 0.717) is 37.4 Å². The molecule has 184 valence electrons. The number of morpholine rings is 1. The number of alkyl carbamates (subject to hydrolysis) is 1. The van der Waals surface area contributed by atoms with Crippen molar-refractivity contribution < 1.29 is 32.7 Å². The standard InChI is InChI=1S/C24H30FN3O6/c25-17-6-7-21-20(12-17)27-22(34-21)13-18(29)15-33-24(31)26-14-19(16-4-2-1-3-5-16)23(30)28-8-10-32-11-9-28/h6-7,12,16,19H,1-5,8-11,13-15H2,(H,26,31). The Labute approximate surface area is 197 Å². The molecule has 1 aromatic carbocycles. The number of rotatable bonds is 8. The first kappa shape index (κ1) is 24.1. The Hall–Kier alpha value is -3.01. The van der Waals surface area contributed by atoms with Crippen LogP contribution in [0.4, 0.5) is 9.18 Å². The summed E-state index contributed by atoms with van der Waals surface area (Å²) in [6.45, 7) is 1.88. The predicted molar refractivity (Wildman–Crippen MR) is 119 cm³/mol. The van der Waals surface area contributed by atoms with Gasteiger partial charge in [0.05, 0.1) is 25.6 Å². The number of halogens is 1. The van der Waals surface area contributed by atoms with Crippen molar-refractivity contribution in [1.82, 2.24) is 15.2 Å². The lowest BCUT2D eigenvalue weighted by molar-refractivity contribution is -0.141. The Morgan fingerprint density at radius 1 is 1.18 bits per heavy atom. The van der Waals surface area contributed by atoms with E-state index < -0.39 is 24.3 Å². The molecule has 0 spiro atoms. The van der Waals surface area contributed by atoms with Crippen LogP contribution in [0, 0.1) is 17.7 Å². The molecule has 2 heterocycles. The van der Waals surface area contributed by atoms with Gasteiger partial charge in [0.1, 0.15) is 11.3 Å². The third kappa shape index (κ3) is 6.31. The quantitative estimate of drug-likeness (QED) is 0.625. The molecule has 1 unspecified atom stereocenters. The molecule has 0 bridgehead atoms. The highest BCUT2D eigenvalue weighted by Crippen LogP contribution is 2.31. The average Bonchev–Trinajstić information content (AvgIpc) is 3.25. The van der Waals surface area contributed by atoms with Crippen LogP contribution < -0.4 is 5.32 Å². The van der Waals surface area contributed by atoms with Gasteiger partial charge in [-0.2, -0.15) is 0 Å². The predicted octanol–water partition coefficient (Wildman–Crippen LogP) is 2.86. The first-order valence-electron chi connectivity index (χ1n) is 11.8. The summed E-state index contributed by atoms with van der Waals surface area (Å²) in [6, 6.07) is 3.91. The molecule has 1 aromatic heterocycles. The van der Waals surface area contributed by atoms with Crippen LogP contribution in [-0.2, 0) is 25.5 Å². The highest BCUT2D eigenvalue weighted by atomic mass is 19.1. The van der Waals surface area contributed by atoms with Crippen LogP contribution >= 0.6 is 0 Å². The molecule has 10 heteroatoms. The van der Waals surface area contributed by atoms with Gasteiger partial charge in [0.2, 0.25) is 11.8 Å². The normalized spacial score (nSPS) is 18.0. The monoisotopic (exact) mass is 475 g/mol. The van der Waals surface area contributed by atoms with E-state index >= 15 is 0 Å². The third-order valence-corrected chi connectivity index (χ3v) is 6.43. The molecule has 2 aromatic rings. The van der Waals surface area contributed by atoms with Crippen LogP contribution in [0.1, 0.15) is 38.0 Å². The minimum atomic E-state index is -0.747. The molecule has 2 fully saturated rings. The van der Waals surface area contributed by atoms with E-state index in [4.69, 9.17) is 13.9 Å². The van der Waals surface area contributed by atoms with Gasteiger partial charge in [-0.1, -0.05) is 19.3 Å². The van der Waals surface area contributed by atoms with Gasteiger partial charge in [-0.05, 0) is 30.9 Å². The lowest BCUT2D eigenvalue weighted by atomic mass is 9.79. The summed E-state index contributed by atoms with van der Waals surface area (Å²) in [5, 5.41) is 2.67. The summed E-state index contributed by atoms with van der Waals surface area (Å²) in [5.41, 5.74) is 0.696. The summed E-state index contributed by atoms with van der Waals surface area (Å²) in [6.07, 6.45) is 4.33. The van der Waals surface area contributed by atoms with E-state index in [2.05, 4.69) is 10.3 Å². The Morgan fingerprint density at radius 2 is 1.94 bits per heavy atom. The molecule has 1 atom stereocenters. The van der Waals surface area contributed by atoms with Crippen molar-refractivity contribution in [3.63, 3.8) is 0 Å². The minimum Gasteiger partial charge on any atom is -0.442 e. The number of benzene rings is 1. The zero-order valence-corrected chi connectivity index (χ0v) is 19.1. The SMILES string of the molecule is O=C(COC(=O)NCC(C(=O)N1CCOCC1)C1CCCCC1)Cc1nc2cc(F)ccc2o1. The van der Waals surface area contributed by atoms with E-state index in [1.807, 2.05) is 4.90 Å². The molecule has 1 saturated carbocycles. The fourth-order valence-corrected chi connectivity index (χ4v) is 4.64. The van der Waals surface area contributed by atoms with E-state index in [-0.39, 0.29) is 36.6 Å². The molecule has 1 N–H and O–H groups in total. The molecule has 1 saturated heterocycles. The summed E-state index contributed by atoms with van der Waals surface area (Å²) >= 11 is 0. The second-order valence-corrected chi connectivity index (χ2v) is 8.83. The van der Waals surface area contributed by atoms with Crippen molar-refractivity contribution in [3.8, 4) is 0 Å². The molecular formula is C24H30FN3O6. The summed E-state index contributed by atoms with van der Waals surface area (Å²) in [5.74, 6) is -0.786. The number of ether oxygens (including phenoxy) is 2. The van der Waals surface area contributed by atoms with Gasteiger partial charge in [0.25, 0.3) is 0 Å². The van der Waals surface area contributed by atoms with Gasteiger partial charge in [0.15, 0.2) is 18.0 Å². The van der Waals surface area contributed by atoms with Crippen molar-refractivity contribution in [2.45, 2.75) is 38.5 Å². The molecule has 0 radical (unpaired) electrons. The number of ketones is 1. The number of fused-ring (bicyclic) bond motifs is 1. The molecule has 1 aliphatic heterocycles. The van der Waals surface area contributed by atoms with Crippen LogP contribution in [-0.4, -0.2) is 67.1 Å². The molecule has 4 rings (SSSR count). The Kier molecular flexibility index (Phi) is 8.10. The minimum absolute atomic E-state index is 0.0407. The number of hydrogen-bond donors (Lipinski definition) is 1. The lowest BCUT2D eigenvalue weighted by Gasteiger charge is -2.35. The topological polar surface area (TPSA) is 111 Å². The molecule has 2 amide bonds. The van der Waals surface area contributed by atoms with E-state index in [1.54, 1.807) is 0 Å². The van der Waals surface area contributed by atoms with Crippen LogP contribution in [0.2, 0.25) is 0 Å². The number of aromatic nitrogens is 1. The fourth-order valence-electron chi connectivity index (χ4n) is 4.64. The number of oxazole rings is 1. The molecule has 34 heavy (non-hydrogen) atoms. The molecule has 9 nitrogen and oxygen atoms in total. The van der Waals surface area contributed by atoms with Crippen molar-refractivity contribution >= 4 is 28.9 Å². The first-order chi connectivity index (χ1) is 16.5. The van der Waals surface area contributed by atoms with Gasteiger partial charge in [0, 0.05) is 25.7 Å². The Morgan fingerprint density at radius 3 is 2.71 bits per heavy atom. The molecule has 2 aliphatic rings. The number of hydrogen-bond acceptors (Lipinski definition) is 7. The molecule has 1 aliphatic carbocycles. The smallest absolute Gasteiger partial charge is 0.407 e. The zero-order chi connectivity index (χ0) is 23.9. The summed E-state index contributed by atoms with van der Waals surface area (Å²) in [7, 11) is 0. The number of nitrogens with zero attached hydrogens (tertiary/aromatic N) is 2. The maximum Gasteiger partial charge on any atom is 0.407 e. The number of carbonyl (C=O) groups excluding carboxylic acids is 3. The average molecular weight is 476 g/mol. The third-order valence-electron chi connectivity index (χ3n) is 6.43. The number of carbonyl (C=O) groups is 3. The highest BCUT2D eigenvalue weighted by Gasteiger charge is 2.33. The van der Waals surface area contributed by atoms with Crippen molar-refractivity contribution in [2.75, 3.05) is 39.5 Å². The van der Waals surface area contributed by atoms with Gasteiger partial charge < -0.3 is 24.1 Å². The van der Waals surface area contributed by atoms with Gasteiger partial charge in [-0.15, -0.1) is 0 Å². The van der Waals surface area contributed by atoms with Gasteiger partial charge in [-0.3, -0.25) is 9.59 Å². The fraction of sp³-hybridized carbons (Fsp3) is 0.583. The van der Waals surface area contributed by atoms with Gasteiger partial charge in [-0.25, -0.2) is 14.2 Å². The van der Waals surface area contributed by atoms with E-state index in [9.17, 15) is 18.8 Å². The second-order valence-electron chi connectivity index (χ2n) is 8.83. The Balaban J connectivity index is 1.26. The van der Waals surface area contributed by atoms with Crippen LogP contribution in [0.5, 0.6) is 0 Å². The van der Waals surface area contributed by atoms with Gasteiger partial charge >= 0.3 is 6.09 Å². The van der Waals surface area contributed by atoms with Crippen molar-refractivity contribution in [1.29, 1.82) is 0 Å². The lowest BCUT2D eigenvalue weighted by Crippen LogP contribution is -2.49. The number of Topliss-reactive ketones (excluding diaryl/α,β-unsaturated/α-hetero) is 1. The molecular weight excluding hydrogens is 445 g/mol. The van der Waals surface area contributed by atoms with E-state index in [1.165, 1.54) is 24.6 Å².